The van der Waals surface area contributed by atoms with E-state index in [4.69, 9.17) is 4.74 Å². The number of hydrogen-bond donors (Lipinski definition) is 1. The molecule has 7 heteroatoms. The smallest absolute Gasteiger partial charge is 0.253 e. The number of aromatic nitrogens is 3. The number of rotatable bonds is 6. The number of ether oxygens (including phenoxy) is 1. The first kappa shape index (κ1) is 20.5. The van der Waals surface area contributed by atoms with Crippen molar-refractivity contribution in [3.8, 4) is 11.1 Å². The van der Waals surface area contributed by atoms with Gasteiger partial charge in [-0.15, -0.1) is 0 Å². The summed E-state index contributed by atoms with van der Waals surface area (Å²) in [5, 5.41) is 7.48. The van der Waals surface area contributed by atoms with Crippen molar-refractivity contribution in [2.45, 2.75) is 25.5 Å². The second-order valence-electron chi connectivity index (χ2n) is 8.25. The fourth-order valence-corrected chi connectivity index (χ4v) is 4.29. The van der Waals surface area contributed by atoms with Crippen LogP contribution >= 0.6 is 0 Å². The van der Waals surface area contributed by atoms with Crippen molar-refractivity contribution >= 4 is 16.8 Å². The molecule has 0 aliphatic carbocycles. The molecule has 2 aromatic carbocycles. The van der Waals surface area contributed by atoms with Crippen LogP contribution in [0.15, 0.2) is 61.1 Å². The number of carbonyl (C=O) groups is 1. The van der Waals surface area contributed by atoms with Gasteiger partial charge in [0, 0.05) is 50.1 Å². The molecular formula is C25H25FN4O2. The van der Waals surface area contributed by atoms with Crippen LogP contribution in [0.3, 0.4) is 0 Å². The fourth-order valence-electron chi connectivity index (χ4n) is 4.29. The van der Waals surface area contributed by atoms with Crippen LogP contribution in [0.4, 0.5) is 4.39 Å². The van der Waals surface area contributed by atoms with Crippen molar-refractivity contribution in [3.63, 3.8) is 0 Å². The van der Waals surface area contributed by atoms with Gasteiger partial charge >= 0.3 is 0 Å². The van der Waals surface area contributed by atoms with Crippen LogP contribution in [0.1, 0.15) is 28.8 Å². The number of hydrogen-bond acceptors (Lipinski definition) is 3. The fraction of sp³-hybridized carbons (Fsp3) is 0.280. The number of amides is 1. The van der Waals surface area contributed by atoms with Crippen LogP contribution in [-0.4, -0.2) is 39.5 Å². The normalized spacial score (nSPS) is 16.0. The van der Waals surface area contributed by atoms with Crippen molar-refractivity contribution < 1.29 is 13.9 Å². The molecular weight excluding hydrogens is 407 g/mol. The van der Waals surface area contributed by atoms with E-state index in [2.05, 4.69) is 10.4 Å². The molecule has 0 saturated carbocycles. The summed E-state index contributed by atoms with van der Waals surface area (Å²) >= 11 is 0. The summed E-state index contributed by atoms with van der Waals surface area (Å²) in [4.78, 5) is 12.9. The Labute approximate surface area is 185 Å². The molecule has 1 aliphatic rings. The third kappa shape index (κ3) is 4.03. The Hall–Kier alpha value is -3.45. The van der Waals surface area contributed by atoms with Gasteiger partial charge in [-0.1, -0.05) is 30.3 Å². The number of aryl methyl sites for hydroxylation is 1. The Morgan fingerprint density at radius 3 is 2.75 bits per heavy atom. The van der Waals surface area contributed by atoms with Crippen LogP contribution < -0.4 is 5.32 Å². The lowest BCUT2D eigenvalue weighted by Gasteiger charge is -2.10. The summed E-state index contributed by atoms with van der Waals surface area (Å²) in [6.07, 6.45) is 7.53. The van der Waals surface area contributed by atoms with Crippen LogP contribution in [0.2, 0.25) is 0 Å². The molecule has 1 amide bonds. The first-order valence-corrected chi connectivity index (χ1v) is 10.8. The van der Waals surface area contributed by atoms with Gasteiger partial charge in [0.1, 0.15) is 5.82 Å². The molecule has 0 spiro atoms. The highest BCUT2D eigenvalue weighted by Gasteiger charge is 2.21. The number of fused-ring (bicyclic) bond motifs is 1. The second kappa shape index (κ2) is 8.59. The standard InChI is InChI=1S/C25H25FN4O2/c1-29-15-19(12-28-29)18-9-7-17(8-10-18)14-30-16-21(24-22(26)5-2-6-23(24)30)25(31)27-13-20-4-3-11-32-20/h2,5-10,12,15-16,20H,3-4,11,13-14H2,1H3,(H,27,31)/t20-/m1/s1. The van der Waals surface area contributed by atoms with Gasteiger partial charge < -0.3 is 14.6 Å². The summed E-state index contributed by atoms with van der Waals surface area (Å²) < 4.78 is 24.0. The van der Waals surface area contributed by atoms with Gasteiger partial charge in [0.25, 0.3) is 5.91 Å². The zero-order chi connectivity index (χ0) is 22.1. The van der Waals surface area contributed by atoms with Crippen LogP contribution in [0, 0.1) is 5.82 Å². The predicted molar refractivity (Wildman–Crippen MR) is 121 cm³/mol. The topological polar surface area (TPSA) is 61.1 Å². The lowest BCUT2D eigenvalue weighted by atomic mass is 10.1. The highest BCUT2D eigenvalue weighted by atomic mass is 19.1. The van der Waals surface area contributed by atoms with E-state index in [-0.39, 0.29) is 12.0 Å². The minimum absolute atomic E-state index is 0.0375. The lowest BCUT2D eigenvalue weighted by Crippen LogP contribution is -2.31. The van der Waals surface area contributed by atoms with Gasteiger partial charge in [-0.3, -0.25) is 9.48 Å². The minimum atomic E-state index is -0.393. The largest absolute Gasteiger partial charge is 0.376 e. The van der Waals surface area contributed by atoms with Crippen molar-refractivity contribution in [1.82, 2.24) is 19.7 Å². The van der Waals surface area contributed by atoms with E-state index in [1.165, 1.54) is 6.07 Å². The van der Waals surface area contributed by atoms with E-state index >= 15 is 0 Å². The van der Waals surface area contributed by atoms with Crippen molar-refractivity contribution in [1.29, 1.82) is 0 Å². The molecule has 6 nitrogen and oxygen atoms in total. The molecule has 3 heterocycles. The molecule has 2 aromatic heterocycles. The number of benzene rings is 2. The monoisotopic (exact) mass is 432 g/mol. The quantitative estimate of drug-likeness (QED) is 0.498. The van der Waals surface area contributed by atoms with Gasteiger partial charge in [-0.05, 0) is 36.1 Å². The van der Waals surface area contributed by atoms with Crippen LogP contribution in [0.5, 0.6) is 0 Å². The number of carbonyl (C=O) groups excluding carboxylic acids is 1. The van der Waals surface area contributed by atoms with Gasteiger partial charge in [-0.2, -0.15) is 5.10 Å². The summed E-state index contributed by atoms with van der Waals surface area (Å²) in [6.45, 7) is 1.70. The first-order chi connectivity index (χ1) is 15.6. The molecule has 1 saturated heterocycles. The lowest BCUT2D eigenvalue weighted by molar-refractivity contribution is 0.0859. The molecule has 164 valence electrons. The average Bonchev–Trinajstić information content (AvgIpc) is 3.54. The molecule has 1 aliphatic heterocycles. The molecule has 1 atom stereocenters. The first-order valence-electron chi connectivity index (χ1n) is 10.8. The number of nitrogens with zero attached hydrogens (tertiary/aromatic N) is 3. The van der Waals surface area contributed by atoms with Crippen molar-refractivity contribution in [2.75, 3.05) is 13.2 Å². The SMILES string of the molecule is Cn1cc(-c2ccc(Cn3cc(C(=O)NC[C@H]4CCCO4)c4c(F)cccc43)cc2)cn1. The van der Waals surface area contributed by atoms with E-state index in [1.54, 1.807) is 16.9 Å². The summed E-state index contributed by atoms with van der Waals surface area (Å²) in [6, 6.07) is 13.1. The highest BCUT2D eigenvalue weighted by molar-refractivity contribution is 6.07. The Morgan fingerprint density at radius 2 is 2.03 bits per heavy atom. The molecule has 1 fully saturated rings. The Bertz CT molecular complexity index is 1250. The zero-order valence-corrected chi connectivity index (χ0v) is 17.9. The third-order valence-electron chi connectivity index (χ3n) is 5.96. The summed E-state index contributed by atoms with van der Waals surface area (Å²) in [5.41, 5.74) is 4.24. The minimum Gasteiger partial charge on any atom is -0.376 e. The molecule has 5 rings (SSSR count). The molecule has 1 N–H and O–H groups in total. The third-order valence-corrected chi connectivity index (χ3v) is 5.96. The average molecular weight is 432 g/mol. The number of halogens is 1. The molecule has 32 heavy (non-hydrogen) atoms. The van der Waals surface area contributed by atoms with Gasteiger partial charge in [-0.25, -0.2) is 4.39 Å². The molecule has 0 bridgehead atoms. The van der Waals surface area contributed by atoms with Gasteiger partial charge in [0.05, 0.1) is 23.4 Å². The maximum atomic E-state index is 14.7. The van der Waals surface area contributed by atoms with Crippen molar-refractivity contribution in [3.05, 3.63) is 78.0 Å². The Morgan fingerprint density at radius 1 is 1.19 bits per heavy atom. The van der Waals surface area contributed by atoms with Crippen LogP contribution in [-0.2, 0) is 18.3 Å². The van der Waals surface area contributed by atoms with E-state index in [9.17, 15) is 9.18 Å². The maximum Gasteiger partial charge on any atom is 0.253 e. The van der Waals surface area contributed by atoms with Gasteiger partial charge in [0.15, 0.2) is 0 Å². The Kier molecular flexibility index (Phi) is 5.49. The number of nitrogens with one attached hydrogen (secondary N) is 1. The van der Waals surface area contributed by atoms with Gasteiger partial charge in [0.2, 0.25) is 0 Å². The highest BCUT2D eigenvalue weighted by Crippen LogP contribution is 2.26. The Balaban J connectivity index is 1.40. The zero-order valence-electron chi connectivity index (χ0n) is 17.9. The second-order valence-corrected chi connectivity index (χ2v) is 8.25. The van der Waals surface area contributed by atoms with E-state index in [1.807, 2.05) is 54.3 Å². The van der Waals surface area contributed by atoms with E-state index < -0.39 is 5.82 Å². The summed E-state index contributed by atoms with van der Waals surface area (Å²) in [7, 11) is 1.89. The predicted octanol–water partition coefficient (Wildman–Crippen LogP) is 4.14. The molecule has 0 unspecified atom stereocenters. The van der Waals surface area contributed by atoms with Crippen molar-refractivity contribution in [2.24, 2.45) is 7.05 Å². The van der Waals surface area contributed by atoms with E-state index in [0.29, 0.717) is 29.6 Å². The summed E-state index contributed by atoms with van der Waals surface area (Å²) in [5.74, 6) is -0.670. The maximum absolute atomic E-state index is 14.7. The molecule has 4 aromatic rings. The van der Waals surface area contributed by atoms with Crippen LogP contribution in [0.25, 0.3) is 22.0 Å². The molecule has 0 radical (unpaired) electrons. The van der Waals surface area contributed by atoms with E-state index in [0.717, 1.165) is 36.1 Å².